The quantitative estimate of drug-likeness (QED) is 0.165. The van der Waals surface area contributed by atoms with E-state index in [4.69, 9.17) is 14.2 Å². The van der Waals surface area contributed by atoms with Crippen molar-refractivity contribution in [2.45, 2.75) is 30.7 Å². The summed E-state index contributed by atoms with van der Waals surface area (Å²) in [6, 6.07) is 6.77. The number of ketones is 1. The number of hydrogen-bond acceptors (Lipinski definition) is 11. The van der Waals surface area contributed by atoms with E-state index in [1.807, 2.05) is 0 Å². The number of allylic oxidation sites excluding steroid dienone is 1. The molecule has 11 heteroatoms. The minimum Gasteiger partial charge on any atom is -0.504 e. The maximum atomic E-state index is 12.5. The van der Waals surface area contributed by atoms with Gasteiger partial charge in [0.1, 0.15) is 24.4 Å². The maximum absolute atomic E-state index is 12.5. The number of carbonyl (C=O) groups is 1. The molecule has 2 aromatic rings. The van der Waals surface area contributed by atoms with E-state index in [-0.39, 0.29) is 22.8 Å². The van der Waals surface area contributed by atoms with E-state index in [0.717, 1.165) is 18.2 Å². The predicted octanol–water partition coefficient (Wildman–Crippen LogP) is -0.113. The lowest BCUT2D eigenvalue weighted by atomic mass is 9.99. The number of rotatable bonds is 7. The first kappa shape index (κ1) is 24.3. The van der Waals surface area contributed by atoms with Crippen LogP contribution in [0.25, 0.3) is 6.08 Å². The predicted molar refractivity (Wildman–Crippen MR) is 112 cm³/mol. The molecule has 178 valence electrons. The Morgan fingerprint density at radius 1 is 1.00 bits per heavy atom. The third kappa shape index (κ3) is 5.02. The largest absolute Gasteiger partial charge is 0.504 e. The summed E-state index contributed by atoms with van der Waals surface area (Å²) in [5.74, 6) is -2.54. The van der Waals surface area contributed by atoms with Crippen molar-refractivity contribution in [2.24, 2.45) is 0 Å². The number of methoxy groups -OCH3 is 1. The number of aliphatic hydroxyl groups excluding tert-OH is 4. The zero-order chi connectivity index (χ0) is 24.3. The highest BCUT2D eigenvalue weighted by atomic mass is 16.7. The minimum absolute atomic E-state index is 0.123. The van der Waals surface area contributed by atoms with Crippen molar-refractivity contribution < 1.29 is 54.8 Å². The molecule has 0 aromatic heterocycles. The van der Waals surface area contributed by atoms with E-state index in [1.165, 1.54) is 25.3 Å². The van der Waals surface area contributed by atoms with Crippen LogP contribution >= 0.6 is 0 Å². The van der Waals surface area contributed by atoms with Crippen LogP contribution in [0.5, 0.6) is 28.7 Å². The number of benzene rings is 2. The Kier molecular flexibility index (Phi) is 7.41. The number of hydrogen-bond donors (Lipinski definition) is 7. The maximum Gasteiger partial charge on any atom is 0.229 e. The first-order valence-electron chi connectivity index (χ1n) is 9.79. The molecule has 1 aliphatic heterocycles. The molecule has 1 heterocycles. The second kappa shape index (κ2) is 10.1. The fourth-order valence-corrected chi connectivity index (χ4v) is 3.22. The van der Waals surface area contributed by atoms with Gasteiger partial charge in [-0.05, 0) is 35.9 Å². The van der Waals surface area contributed by atoms with Crippen molar-refractivity contribution in [1.82, 2.24) is 0 Å². The molecular formula is C22H24O11. The highest BCUT2D eigenvalue weighted by Gasteiger charge is 2.45. The number of aromatic hydroxyl groups is 3. The van der Waals surface area contributed by atoms with Gasteiger partial charge >= 0.3 is 0 Å². The Morgan fingerprint density at radius 2 is 1.70 bits per heavy atom. The molecule has 0 aliphatic carbocycles. The van der Waals surface area contributed by atoms with Gasteiger partial charge in [-0.1, -0.05) is 12.1 Å². The van der Waals surface area contributed by atoms with Crippen molar-refractivity contribution in [1.29, 1.82) is 0 Å². The Balaban J connectivity index is 1.77. The Hall–Kier alpha value is -3.35. The summed E-state index contributed by atoms with van der Waals surface area (Å²) in [5.41, 5.74) is 0.218. The molecule has 0 radical (unpaired) electrons. The van der Waals surface area contributed by atoms with Gasteiger partial charge in [0.2, 0.25) is 12.0 Å². The van der Waals surface area contributed by atoms with Crippen LogP contribution in [0, 0.1) is 0 Å². The number of phenols is 3. The standard InChI is InChI=1S/C22H24O11/c1-31-14-6-3-10(8-13(14)25)2-5-12(24)11-4-7-15(18(27)17(11)26)32-22-21(30)20(29)19(28)16(9-23)33-22/h2-8,16,19-23,25-30H,9H2,1H3/t16-,19+,20-,21-,22+/m0/s1. The SMILES string of the molecule is COc1ccc(C=CC(=O)c2ccc(O[C@@H]3O[C@@H](CO)[C@@H](O)[C@H](O)[C@@H]3O)c(O)c2O)cc1O. The third-order valence-corrected chi connectivity index (χ3v) is 5.10. The fourth-order valence-electron chi connectivity index (χ4n) is 3.22. The van der Waals surface area contributed by atoms with E-state index in [2.05, 4.69) is 0 Å². The molecule has 2 aromatic carbocycles. The summed E-state index contributed by atoms with van der Waals surface area (Å²) in [7, 11) is 1.40. The number of ether oxygens (including phenoxy) is 3. The van der Waals surface area contributed by atoms with E-state index < -0.39 is 54.6 Å². The molecule has 0 spiro atoms. The smallest absolute Gasteiger partial charge is 0.229 e. The van der Waals surface area contributed by atoms with Gasteiger partial charge in [0.15, 0.2) is 28.8 Å². The molecule has 0 saturated carbocycles. The highest BCUT2D eigenvalue weighted by Crippen LogP contribution is 2.40. The second-order valence-electron chi connectivity index (χ2n) is 7.25. The van der Waals surface area contributed by atoms with E-state index in [1.54, 1.807) is 6.07 Å². The van der Waals surface area contributed by atoms with E-state index in [9.17, 15) is 40.5 Å². The molecule has 5 atom stereocenters. The zero-order valence-electron chi connectivity index (χ0n) is 17.4. The van der Waals surface area contributed by atoms with Gasteiger partial charge in [-0.3, -0.25) is 4.79 Å². The van der Waals surface area contributed by atoms with E-state index in [0.29, 0.717) is 5.56 Å². The number of phenolic OH excluding ortho intramolecular Hbond substituents is 3. The molecule has 1 saturated heterocycles. The van der Waals surface area contributed by atoms with Crippen LogP contribution in [0.2, 0.25) is 0 Å². The van der Waals surface area contributed by atoms with Crippen molar-refractivity contribution in [3.05, 3.63) is 47.5 Å². The summed E-state index contributed by atoms with van der Waals surface area (Å²) in [5, 5.41) is 69.2. The van der Waals surface area contributed by atoms with Crippen molar-refractivity contribution in [3.8, 4) is 28.7 Å². The van der Waals surface area contributed by atoms with Crippen LogP contribution in [0.15, 0.2) is 36.4 Å². The minimum atomic E-state index is -1.73. The van der Waals surface area contributed by atoms with Gasteiger partial charge in [-0.25, -0.2) is 0 Å². The summed E-state index contributed by atoms with van der Waals surface area (Å²) < 4.78 is 15.4. The number of aliphatic hydroxyl groups is 4. The summed E-state index contributed by atoms with van der Waals surface area (Å²) in [6.45, 7) is -0.673. The monoisotopic (exact) mass is 464 g/mol. The molecular weight excluding hydrogens is 440 g/mol. The van der Waals surface area contributed by atoms with Gasteiger partial charge in [-0.2, -0.15) is 0 Å². The normalized spacial score (nSPS) is 25.2. The van der Waals surface area contributed by atoms with Crippen LogP contribution in [0.1, 0.15) is 15.9 Å². The topological polar surface area (TPSA) is 186 Å². The molecule has 0 unspecified atom stereocenters. The van der Waals surface area contributed by atoms with Gasteiger partial charge in [0, 0.05) is 0 Å². The molecule has 11 nitrogen and oxygen atoms in total. The molecule has 1 aliphatic rings. The third-order valence-electron chi connectivity index (χ3n) is 5.10. The molecule has 0 amide bonds. The summed E-state index contributed by atoms with van der Waals surface area (Å²) in [4.78, 5) is 12.5. The van der Waals surface area contributed by atoms with Gasteiger partial charge in [0.05, 0.1) is 19.3 Å². The van der Waals surface area contributed by atoms with Gasteiger partial charge in [0.25, 0.3) is 0 Å². The summed E-state index contributed by atoms with van der Waals surface area (Å²) in [6.07, 6.45) is -5.33. The van der Waals surface area contributed by atoms with Crippen molar-refractivity contribution in [2.75, 3.05) is 13.7 Å². The molecule has 33 heavy (non-hydrogen) atoms. The first-order chi connectivity index (χ1) is 15.7. The van der Waals surface area contributed by atoms with Crippen LogP contribution in [-0.4, -0.2) is 86.0 Å². The lowest BCUT2D eigenvalue weighted by Gasteiger charge is -2.39. The Labute approximate surface area is 188 Å². The lowest BCUT2D eigenvalue weighted by molar-refractivity contribution is -0.277. The molecule has 7 N–H and O–H groups in total. The van der Waals surface area contributed by atoms with Crippen LogP contribution in [0.3, 0.4) is 0 Å². The van der Waals surface area contributed by atoms with Gasteiger partial charge in [-0.15, -0.1) is 0 Å². The fraction of sp³-hybridized carbons (Fsp3) is 0.318. The highest BCUT2D eigenvalue weighted by molar-refractivity contribution is 6.09. The Morgan fingerprint density at radius 3 is 2.33 bits per heavy atom. The second-order valence-corrected chi connectivity index (χ2v) is 7.25. The lowest BCUT2D eigenvalue weighted by Crippen LogP contribution is -2.60. The average Bonchev–Trinajstić information content (AvgIpc) is 2.80. The number of carbonyl (C=O) groups excluding carboxylic acids is 1. The molecule has 1 fully saturated rings. The molecule has 0 bridgehead atoms. The van der Waals surface area contributed by atoms with Crippen LogP contribution < -0.4 is 9.47 Å². The van der Waals surface area contributed by atoms with Crippen molar-refractivity contribution >= 4 is 11.9 Å². The first-order valence-corrected chi connectivity index (χ1v) is 9.79. The van der Waals surface area contributed by atoms with Gasteiger partial charge < -0.3 is 50.0 Å². The van der Waals surface area contributed by atoms with E-state index >= 15 is 0 Å². The van der Waals surface area contributed by atoms with Crippen molar-refractivity contribution in [3.63, 3.8) is 0 Å². The van der Waals surface area contributed by atoms with Crippen LogP contribution in [-0.2, 0) is 4.74 Å². The Bertz CT molecular complexity index is 1030. The average molecular weight is 464 g/mol. The summed E-state index contributed by atoms with van der Waals surface area (Å²) >= 11 is 0. The van der Waals surface area contributed by atoms with Crippen LogP contribution in [0.4, 0.5) is 0 Å². The zero-order valence-corrected chi connectivity index (χ0v) is 17.4. The molecule has 3 rings (SSSR count).